The van der Waals surface area contributed by atoms with Gasteiger partial charge in [0, 0.05) is 13.1 Å². The highest BCUT2D eigenvalue weighted by Crippen LogP contribution is 2.31. The van der Waals surface area contributed by atoms with Crippen LogP contribution >= 0.6 is 0 Å². The molecule has 5 N–H and O–H groups in total. The molecule has 3 rings (SSSR count). The van der Waals surface area contributed by atoms with Crippen LogP contribution < -0.4 is 10.6 Å². The monoisotopic (exact) mass is 450 g/mol. The quantitative estimate of drug-likeness (QED) is 0.156. The number of nitrogens with zero attached hydrogens (tertiary/aromatic N) is 2. The molecule has 2 aliphatic heterocycles. The minimum absolute atomic E-state index is 0.00772. The molecule has 4 atom stereocenters. The lowest BCUT2D eigenvalue weighted by molar-refractivity contribution is -0.173. The fraction of sp³-hybridized carbons (Fsp3) is 0.571. The molecular weight excluding hydrogens is 420 g/mol. The smallest absolute Gasteiger partial charge is 0.263 e. The van der Waals surface area contributed by atoms with E-state index in [0.29, 0.717) is 26.1 Å². The maximum Gasteiger partial charge on any atom is 0.263 e. The SMILES string of the molecule is C[C@H](CNC(=O)[C@H]1N=C(c2cccc(O)c2O)O[C@@H]1C)COCN[C@@H]1CCCN(O)C1=O. The molecule has 11 nitrogen and oxygen atoms in total. The number of hydrogen-bond acceptors (Lipinski definition) is 9. The second-order valence-corrected chi connectivity index (χ2v) is 8.10. The predicted molar refractivity (Wildman–Crippen MR) is 113 cm³/mol. The molecule has 1 saturated heterocycles. The highest BCUT2D eigenvalue weighted by molar-refractivity contribution is 6.01. The van der Waals surface area contributed by atoms with Crippen molar-refractivity contribution in [3.05, 3.63) is 23.8 Å². The lowest BCUT2D eigenvalue weighted by Crippen LogP contribution is -2.49. The van der Waals surface area contributed by atoms with Gasteiger partial charge in [0.1, 0.15) is 6.10 Å². The van der Waals surface area contributed by atoms with Crippen molar-refractivity contribution in [2.45, 2.75) is 44.9 Å². The number of aliphatic imine (C=N–C) groups is 1. The molecule has 0 bridgehead atoms. The van der Waals surface area contributed by atoms with Gasteiger partial charge in [0.15, 0.2) is 17.5 Å². The zero-order valence-electron chi connectivity index (χ0n) is 18.2. The Morgan fingerprint density at radius 1 is 1.41 bits per heavy atom. The molecule has 11 heteroatoms. The standard InChI is InChI=1S/C21H30N4O7/c1-12(10-31-11-23-15-6-4-8-25(30)21(15)29)9-22-19(28)17-13(2)32-20(24-17)14-5-3-7-16(26)18(14)27/h3,5,7,12-13,15,17,23,26-27,30H,4,6,8-11H2,1-2H3,(H,22,28)/t12-,13-,15-,17+/m1/s1. The maximum absolute atomic E-state index is 12.6. The lowest BCUT2D eigenvalue weighted by Gasteiger charge is -2.28. The maximum atomic E-state index is 12.6. The van der Waals surface area contributed by atoms with E-state index in [-0.39, 0.29) is 47.4 Å². The molecular formula is C21H30N4O7. The van der Waals surface area contributed by atoms with Gasteiger partial charge in [0.25, 0.3) is 5.91 Å². The number of nitrogens with one attached hydrogen (secondary N) is 2. The van der Waals surface area contributed by atoms with E-state index in [9.17, 15) is 25.0 Å². The molecule has 2 aliphatic rings. The second kappa shape index (κ2) is 10.6. The average Bonchev–Trinajstić information content (AvgIpc) is 3.15. The minimum Gasteiger partial charge on any atom is -0.504 e. The molecule has 2 heterocycles. The summed E-state index contributed by atoms with van der Waals surface area (Å²) in [6.45, 7) is 4.85. The third kappa shape index (κ3) is 5.67. The fourth-order valence-corrected chi connectivity index (χ4v) is 3.52. The highest BCUT2D eigenvalue weighted by Gasteiger charge is 2.35. The van der Waals surface area contributed by atoms with Crippen molar-refractivity contribution in [2.75, 3.05) is 26.4 Å². The van der Waals surface area contributed by atoms with E-state index >= 15 is 0 Å². The first-order valence-corrected chi connectivity index (χ1v) is 10.6. The zero-order chi connectivity index (χ0) is 23.3. The van der Waals surface area contributed by atoms with E-state index in [4.69, 9.17) is 9.47 Å². The number of para-hydroxylation sites is 1. The van der Waals surface area contributed by atoms with Gasteiger partial charge in [-0.05, 0) is 37.8 Å². The van der Waals surface area contributed by atoms with Gasteiger partial charge in [0.2, 0.25) is 11.8 Å². The number of hydroxylamine groups is 2. The number of carbonyl (C=O) groups is 2. The van der Waals surface area contributed by atoms with Gasteiger partial charge in [-0.3, -0.25) is 20.1 Å². The summed E-state index contributed by atoms with van der Waals surface area (Å²) in [5.41, 5.74) is 0.224. The van der Waals surface area contributed by atoms with E-state index in [1.54, 1.807) is 19.1 Å². The van der Waals surface area contributed by atoms with Crippen molar-refractivity contribution in [1.82, 2.24) is 15.7 Å². The van der Waals surface area contributed by atoms with Crippen molar-refractivity contribution in [3.8, 4) is 11.5 Å². The number of aromatic hydroxyl groups is 2. The number of ether oxygens (including phenoxy) is 2. The summed E-state index contributed by atoms with van der Waals surface area (Å²) in [5, 5.41) is 35.6. The predicted octanol–water partition coefficient (Wildman–Crippen LogP) is 0.328. The number of amides is 2. The van der Waals surface area contributed by atoms with Crippen LogP contribution in [0.25, 0.3) is 0 Å². The summed E-state index contributed by atoms with van der Waals surface area (Å²) in [7, 11) is 0. The van der Waals surface area contributed by atoms with Gasteiger partial charge in [-0.25, -0.2) is 10.1 Å². The van der Waals surface area contributed by atoms with Crippen LogP contribution in [0.3, 0.4) is 0 Å². The normalized spacial score (nSPS) is 24.1. The third-order valence-corrected chi connectivity index (χ3v) is 5.39. The Balaban J connectivity index is 1.41. The molecule has 0 radical (unpaired) electrons. The molecule has 0 aliphatic carbocycles. The molecule has 0 spiro atoms. The first-order valence-electron chi connectivity index (χ1n) is 10.6. The van der Waals surface area contributed by atoms with Crippen molar-refractivity contribution in [1.29, 1.82) is 0 Å². The van der Waals surface area contributed by atoms with E-state index in [1.165, 1.54) is 6.07 Å². The van der Waals surface area contributed by atoms with Crippen LogP contribution in [-0.2, 0) is 19.1 Å². The Labute approximate surface area is 186 Å². The van der Waals surface area contributed by atoms with Crippen LogP contribution in [0.4, 0.5) is 0 Å². The molecule has 176 valence electrons. The molecule has 1 aromatic rings. The summed E-state index contributed by atoms with van der Waals surface area (Å²) in [4.78, 5) is 28.6. The van der Waals surface area contributed by atoms with Crippen molar-refractivity contribution < 1.29 is 34.5 Å². The minimum atomic E-state index is -0.778. The number of phenolic OH excluding ortho intramolecular Hbond substituents is 2. The third-order valence-electron chi connectivity index (χ3n) is 5.39. The van der Waals surface area contributed by atoms with Gasteiger partial charge in [-0.1, -0.05) is 13.0 Å². The van der Waals surface area contributed by atoms with Gasteiger partial charge in [-0.2, -0.15) is 0 Å². The number of benzene rings is 1. The molecule has 1 fully saturated rings. The summed E-state index contributed by atoms with van der Waals surface area (Å²) in [6, 6.07) is 3.21. The van der Waals surface area contributed by atoms with Crippen molar-refractivity contribution in [2.24, 2.45) is 10.9 Å². The van der Waals surface area contributed by atoms with E-state index in [2.05, 4.69) is 15.6 Å². The van der Waals surface area contributed by atoms with Gasteiger partial charge in [0.05, 0.1) is 24.9 Å². The van der Waals surface area contributed by atoms with Gasteiger partial charge in [-0.15, -0.1) is 0 Å². The fourth-order valence-electron chi connectivity index (χ4n) is 3.52. The summed E-state index contributed by atoms with van der Waals surface area (Å²) in [6.07, 6.45) is 0.845. The Morgan fingerprint density at radius 3 is 2.97 bits per heavy atom. The summed E-state index contributed by atoms with van der Waals surface area (Å²) >= 11 is 0. The van der Waals surface area contributed by atoms with Gasteiger partial charge >= 0.3 is 0 Å². The molecule has 1 aromatic carbocycles. The Morgan fingerprint density at radius 2 is 2.19 bits per heavy atom. The van der Waals surface area contributed by atoms with Crippen LogP contribution in [0.1, 0.15) is 32.3 Å². The van der Waals surface area contributed by atoms with Gasteiger partial charge < -0.3 is 25.0 Å². The largest absolute Gasteiger partial charge is 0.504 e. The lowest BCUT2D eigenvalue weighted by atomic mass is 10.1. The van der Waals surface area contributed by atoms with E-state index < -0.39 is 18.2 Å². The highest BCUT2D eigenvalue weighted by atomic mass is 16.5. The van der Waals surface area contributed by atoms with E-state index in [1.807, 2.05) is 6.92 Å². The summed E-state index contributed by atoms with van der Waals surface area (Å²) < 4.78 is 11.2. The Bertz CT molecular complexity index is 863. The molecule has 0 aromatic heterocycles. The number of piperidine rings is 1. The van der Waals surface area contributed by atoms with Crippen molar-refractivity contribution >= 4 is 17.7 Å². The van der Waals surface area contributed by atoms with Crippen LogP contribution in [0.2, 0.25) is 0 Å². The average molecular weight is 450 g/mol. The van der Waals surface area contributed by atoms with Crippen LogP contribution in [-0.4, -0.2) is 82.8 Å². The number of hydrogen-bond donors (Lipinski definition) is 5. The topological polar surface area (TPSA) is 153 Å². The second-order valence-electron chi connectivity index (χ2n) is 8.10. The molecule has 0 saturated carbocycles. The van der Waals surface area contributed by atoms with Crippen LogP contribution in [0.5, 0.6) is 11.5 Å². The number of carbonyl (C=O) groups excluding carboxylic acids is 2. The molecule has 32 heavy (non-hydrogen) atoms. The number of rotatable bonds is 9. The Kier molecular flexibility index (Phi) is 7.89. The molecule has 2 amide bonds. The zero-order valence-corrected chi connectivity index (χ0v) is 18.2. The van der Waals surface area contributed by atoms with Crippen molar-refractivity contribution in [3.63, 3.8) is 0 Å². The van der Waals surface area contributed by atoms with Crippen LogP contribution in [0, 0.1) is 5.92 Å². The van der Waals surface area contributed by atoms with Crippen LogP contribution in [0.15, 0.2) is 23.2 Å². The number of phenols is 2. The van der Waals surface area contributed by atoms with E-state index in [0.717, 1.165) is 11.5 Å². The summed E-state index contributed by atoms with van der Waals surface area (Å²) in [5.74, 6) is -1.19. The molecule has 0 unspecified atom stereocenters. The Hall–Kier alpha value is -2.89. The first-order chi connectivity index (χ1) is 15.3. The first kappa shape index (κ1) is 23.8.